The van der Waals surface area contributed by atoms with Gasteiger partial charge in [-0.15, -0.1) is 0 Å². The number of aryl methyl sites for hydroxylation is 1. The zero-order valence-electron chi connectivity index (χ0n) is 19.1. The average Bonchev–Trinajstić information content (AvgIpc) is 2.81. The highest BCUT2D eigenvalue weighted by Gasteiger charge is 2.24. The summed E-state index contributed by atoms with van der Waals surface area (Å²) in [7, 11) is -4.27. The number of fused-ring (bicyclic) bond motifs is 1. The first-order chi connectivity index (χ1) is 16.7. The van der Waals surface area contributed by atoms with E-state index in [4.69, 9.17) is 4.74 Å². The van der Waals surface area contributed by atoms with Crippen molar-refractivity contribution in [1.82, 2.24) is 4.57 Å². The minimum absolute atomic E-state index is 0.121. The summed E-state index contributed by atoms with van der Waals surface area (Å²) in [5.74, 6) is -0.646. The van der Waals surface area contributed by atoms with Gasteiger partial charge in [-0.3, -0.25) is 9.59 Å². The third-order valence-corrected chi connectivity index (χ3v) is 7.12. The largest absolute Gasteiger partial charge is 0.494 e. The van der Waals surface area contributed by atoms with Crippen molar-refractivity contribution in [2.75, 3.05) is 11.9 Å². The molecule has 35 heavy (non-hydrogen) atoms. The molecule has 0 radical (unpaired) electrons. The Hall–Kier alpha value is -3.98. The molecule has 0 saturated carbocycles. The van der Waals surface area contributed by atoms with Gasteiger partial charge in [0.1, 0.15) is 23.0 Å². The van der Waals surface area contributed by atoms with E-state index in [-0.39, 0.29) is 22.3 Å². The fourth-order valence-electron chi connectivity index (χ4n) is 3.75. The fraction of sp³-hybridized carbons (Fsp3) is 0.154. The standard InChI is InChI=1S/C26H23FN2O5S/c1-3-34-20-8-10-21(11-9-20)35(32,33)24-15-29(23-12-7-18(27)14-22(23)26(24)31)16-25(30)28-19-6-4-5-17(2)13-19/h4-15H,3,16H2,1-2H3,(H,28,30). The van der Waals surface area contributed by atoms with Crippen molar-refractivity contribution in [2.45, 2.75) is 30.2 Å². The maximum absolute atomic E-state index is 14.0. The predicted octanol–water partition coefficient (Wildman–Crippen LogP) is 4.32. The topological polar surface area (TPSA) is 94.5 Å². The van der Waals surface area contributed by atoms with Gasteiger partial charge in [0.25, 0.3) is 0 Å². The first-order valence-electron chi connectivity index (χ1n) is 10.9. The Labute approximate surface area is 201 Å². The molecule has 0 atom stereocenters. The van der Waals surface area contributed by atoms with Crippen molar-refractivity contribution in [3.05, 3.63) is 94.5 Å². The number of nitrogens with zero attached hydrogens (tertiary/aromatic N) is 1. The molecule has 1 N–H and O–H groups in total. The predicted molar refractivity (Wildman–Crippen MR) is 131 cm³/mol. The highest BCUT2D eigenvalue weighted by atomic mass is 32.2. The smallest absolute Gasteiger partial charge is 0.244 e. The molecular weight excluding hydrogens is 471 g/mol. The van der Waals surface area contributed by atoms with Crippen LogP contribution in [0.1, 0.15) is 12.5 Å². The lowest BCUT2D eigenvalue weighted by atomic mass is 10.2. The Morgan fingerprint density at radius 1 is 1.06 bits per heavy atom. The SMILES string of the molecule is CCOc1ccc(S(=O)(=O)c2cn(CC(=O)Nc3cccc(C)c3)c3ccc(F)cc3c2=O)cc1. The number of anilines is 1. The summed E-state index contributed by atoms with van der Waals surface area (Å²) in [5.41, 5.74) is 0.926. The zero-order valence-corrected chi connectivity index (χ0v) is 19.9. The van der Waals surface area contributed by atoms with E-state index in [9.17, 15) is 22.4 Å². The van der Waals surface area contributed by atoms with E-state index in [2.05, 4.69) is 5.32 Å². The lowest BCUT2D eigenvalue weighted by Crippen LogP contribution is -2.24. The molecule has 4 rings (SSSR count). The maximum atomic E-state index is 14.0. The third kappa shape index (κ3) is 5.09. The van der Waals surface area contributed by atoms with E-state index in [1.165, 1.54) is 34.9 Å². The molecule has 1 aromatic heterocycles. The summed E-state index contributed by atoms with van der Waals surface area (Å²) >= 11 is 0. The van der Waals surface area contributed by atoms with Crippen LogP contribution in [0.3, 0.4) is 0 Å². The van der Waals surface area contributed by atoms with E-state index in [0.29, 0.717) is 18.0 Å². The Balaban J connectivity index is 1.79. The number of carbonyl (C=O) groups is 1. The van der Waals surface area contributed by atoms with Crippen molar-refractivity contribution in [2.24, 2.45) is 0 Å². The summed E-state index contributed by atoms with van der Waals surface area (Å²) in [6, 6.07) is 16.3. The van der Waals surface area contributed by atoms with Gasteiger partial charge in [-0.05, 0) is 74.0 Å². The minimum atomic E-state index is -4.27. The molecule has 0 aliphatic carbocycles. The van der Waals surface area contributed by atoms with Crippen molar-refractivity contribution in [3.8, 4) is 5.75 Å². The number of nitrogens with one attached hydrogen (secondary N) is 1. The van der Waals surface area contributed by atoms with E-state index in [1.54, 1.807) is 25.1 Å². The fourth-order valence-corrected chi connectivity index (χ4v) is 5.12. The number of hydrogen-bond acceptors (Lipinski definition) is 5. The van der Waals surface area contributed by atoms with Gasteiger partial charge in [0, 0.05) is 17.3 Å². The van der Waals surface area contributed by atoms with Gasteiger partial charge in [0.15, 0.2) is 0 Å². The number of benzene rings is 3. The summed E-state index contributed by atoms with van der Waals surface area (Å²) in [4.78, 5) is 25.2. The van der Waals surface area contributed by atoms with Crippen LogP contribution < -0.4 is 15.5 Å². The monoisotopic (exact) mass is 494 g/mol. The van der Waals surface area contributed by atoms with Gasteiger partial charge < -0.3 is 14.6 Å². The summed E-state index contributed by atoms with van der Waals surface area (Å²) in [6.45, 7) is 3.81. The lowest BCUT2D eigenvalue weighted by molar-refractivity contribution is -0.116. The number of amides is 1. The number of sulfone groups is 1. The Morgan fingerprint density at radius 2 is 1.80 bits per heavy atom. The number of aromatic nitrogens is 1. The number of hydrogen-bond donors (Lipinski definition) is 1. The molecule has 4 aromatic rings. The minimum Gasteiger partial charge on any atom is -0.494 e. The van der Waals surface area contributed by atoms with Gasteiger partial charge in [0.05, 0.1) is 17.0 Å². The van der Waals surface area contributed by atoms with Crippen LogP contribution >= 0.6 is 0 Å². The number of rotatable bonds is 7. The van der Waals surface area contributed by atoms with Gasteiger partial charge in [-0.2, -0.15) is 0 Å². The van der Waals surface area contributed by atoms with Crippen molar-refractivity contribution < 1.29 is 22.3 Å². The van der Waals surface area contributed by atoms with Gasteiger partial charge in [-0.1, -0.05) is 12.1 Å². The molecule has 0 unspecified atom stereocenters. The second-order valence-electron chi connectivity index (χ2n) is 7.94. The van der Waals surface area contributed by atoms with Crippen LogP contribution in [0.2, 0.25) is 0 Å². The number of carbonyl (C=O) groups excluding carboxylic acids is 1. The van der Waals surface area contributed by atoms with Crippen LogP contribution in [-0.2, 0) is 21.2 Å². The molecule has 7 nitrogen and oxygen atoms in total. The maximum Gasteiger partial charge on any atom is 0.244 e. The Morgan fingerprint density at radius 3 is 2.49 bits per heavy atom. The summed E-state index contributed by atoms with van der Waals surface area (Å²) in [5, 5.41) is 2.62. The van der Waals surface area contributed by atoms with Crippen molar-refractivity contribution in [1.29, 1.82) is 0 Å². The first-order valence-corrected chi connectivity index (χ1v) is 12.3. The average molecular weight is 495 g/mol. The third-order valence-electron chi connectivity index (χ3n) is 5.36. The summed E-state index contributed by atoms with van der Waals surface area (Å²) in [6.07, 6.45) is 1.13. The molecular formula is C26H23FN2O5S. The van der Waals surface area contributed by atoms with Crippen molar-refractivity contribution in [3.63, 3.8) is 0 Å². The Bertz CT molecular complexity index is 1580. The van der Waals surface area contributed by atoms with Crippen LogP contribution in [0.25, 0.3) is 10.9 Å². The van der Waals surface area contributed by atoms with Gasteiger partial charge in [-0.25, -0.2) is 12.8 Å². The second kappa shape index (κ2) is 9.71. The molecule has 180 valence electrons. The highest BCUT2D eigenvalue weighted by molar-refractivity contribution is 7.91. The second-order valence-corrected chi connectivity index (χ2v) is 9.86. The van der Waals surface area contributed by atoms with Crippen LogP contribution in [0.15, 0.2) is 87.5 Å². The van der Waals surface area contributed by atoms with Gasteiger partial charge >= 0.3 is 0 Å². The molecule has 1 amide bonds. The Kier molecular flexibility index (Phi) is 6.70. The van der Waals surface area contributed by atoms with Crippen LogP contribution in [-0.4, -0.2) is 25.5 Å². The molecule has 0 aliphatic rings. The molecule has 0 spiro atoms. The van der Waals surface area contributed by atoms with E-state index < -0.39 is 31.9 Å². The van der Waals surface area contributed by atoms with Crippen LogP contribution in [0, 0.1) is 12.7 Å². The van der Waals surface area contributed by atoms with Crippen LogP contribution in [0.4, 0.5) is 10.1 Å². The quantitative estimate of drug-likeness (QED) is 0.413. The molecule has 9 heteroatoms. The normalized spacial score (nSPS) is 11.4. The number of halogens is 1. The molecule has 3 aromatic carbocycles. The number of ether oxygens (including phenoxy) is 1. The zero-order chi connectivity index (χ0) is 25.2. The highest BCUT2D eigenvalue weighted by Crippen LogP contribution is 2.24. The van der Waals surface area contributed by atoms with E-state index >= 15 is 0 Å². The molecule has 0 fully saturated rings. The van der Waals surface area contributed by atoms with Crippen molar-refractivity contribution >= 4 is 32.3 Å². The van der Waals surface area contributed by atoms with E-state index in [0.717, 1.165) is 23.9 Å². The van der Waals surface area contributed by atoms with Crippen LogP contribution in [0.5, 0.6) is 5.75 Å². The molecule has 0 aliphatic heterocycles. The first kappa shape index (κ1) is 24.2. The molecule has 1 heterocycles. The summed E-state index contributed by atoms with van der Waals surface area (Å²) < 4.78 is 47.4. The number of pyridine rings is 1. The molecule has 0 saturated heterocycles. The van der Waals surface area contributed by atoms with Gasteiger partial charge in [0.2, 0.25) is 21.2 Å². The molecule has 0 bridgehead atoms. The van der Waals surface area contributed by atoms with E-state index in [1.807, 2.05) is 13.0 Å². The lowest BCUT2D eigenvalue weighted by Gasteiger charge is -2.14.